The standard InChI is InChI=1S/C14H16BrNOS/c1-17-10-12-13(15)5-2-6-14(12)16-8-7-11-4-3-9-18-11/h2-6,9,16H,7-8,10H2,1H3. The predicted octanol–water partition coefficient (Wildman–Crippen LogP) is 4.31. The molecule has 1 aromatic carbocycles. The van der Waals surface area contributed by atoms with E-state index in [1.165, 1.54) is 10.4 Å². The molecule has 0 fully saturated rings. The molecule has 2 rings (SSSR count). The third kappa shape index (κ3) is 3.57. The highest BCUT2D eigenvalue weighted by atomic mass is 79.9. The van der Waals surface area contributed by atoms with Gasteiger partial charge in [-0.1, -0.05) is 28.1 Å². The van der Waals surface area contributed by atoms with Gasteiger partial charge in [0.05, 0.1) is 6.61 Å². The van der Waals surface area contributed by atoms with E-state index in [4.69, 9.17) is 4.74 Å². The summed E-state index contributed by atoms with van der Waals surface area (Å²) in [6.45, 7) is 1.55. The Hall–Kier alpha value is -0.840. The van der Waals surface area contributed by atoms with Crippen LogP contribution < -0.4 is 5.32 Å². The third-order valence-electron chi connectivity index (χ3n) is 2.67. The Kier molecular flexibility index (Phi) is 5.23. The molecule has 0 amide bonds. The van der Waals surface area contributed by atoms with Crippen LogP contribution in [0.3, 0.4) is 0 Å². The topological polar surface area (TPSA) is 21.3 Å². The lowest BCUT2D eigenvalue weighted by molar-refractivity contribution is 0.185. The summed E-state index contributed by atoms with van der Waals surface area (Å²) in [6, 6.07) is 10.4. The highest BCUT2D eigenvalue weighted by Crippen LogP contribution is 2.25. The summed E-state index contributed by atoms with van der Waals surface area (Å²) in [5.74, 6) is 0. The molecule has 18 heavy (non-hydrogen) atoms. The fraction of sp³-hybridized carbons (Fsp3) is 0.286. The van der Waals surface area contributed by atoms with Crippen molar-refractivity contribution in [1.29, 1.82) is 0 Å². The third-order valence-corrected chi connectivity index (χ3v) is 4.35. The quantitative estimate of drug-likeness (QED) is 0.854. The van der Waals surface area contributed by atoms with Crippen LogP contribution in [-0.2, 0) is 17.8 Å². The summed E-state index contributed by atoms with van der Waals surface area (Å²) in [6.07, 6.45) is 1.05. The van der Waals surface area contributed by atoms with Gasteiger partial charge in [0.2, 0.25) is 0 Å². The van der Waals surface area contributed by atoms with Crippen LogP contribution in [0.4, 0.5) is 5.69 Å². The lowest BCUT2D eigenvalue weighted by Gasteiger charge is -2.12. The first-order valence-electron chi connectivity index (χ1n) is 5.84. The fourth-order valence-corrected chi connectivity index (χ4v) is 2.98. The van der Waals surface area contributed by atoms with Crippen molar-refractivity contribution in [3.8, 4) is 0 Å². The predicted molar refractivity (Wildman–Crippen MR) is 81.4 cm³/mol. The molecule has 1 aromatic heterocycles. The number of rotatable bonds is 6. The number of hydrogen-bond donors (Lipinski definition) is 1. The number of hydrogen-bond acceptors (Lipinski definition) is 3. The van der Waals surface area contributed by atoms with E-state index in [0.717, 1.165) is 23.1 Å². The molecular weight excluding hydrogens is 310 g/mol. The Morgan fingerprint density at radius 3 is 2.89 bits per heavy atom. The minimum atomic E-state index is 0.614. The summed E-state index contributed by atoms with van der Waals surface area (Å²) >= 11 is 5.36. The first-order chi connectivity index (χ1) is 8.81. The molecule has 0 bridgehead atoms. The molecule has 0 unspecified atom stereocenters. The van der Waals surface area contributed by atoms with E-state index in [2.05, 4.69) is 44.8 Å². The number of halogens is 1. The van der Waals surface area contributed by atoms with Gasteiger partial charge in [-0.25, -0.2) is 0 Å². The second kappa shape index (κ2) is 6.92. The lowest BCUT2D eigenvalue weighted by atomic mass is 10.2. The van der Waals surface area contributed by atoms with E-state index in [9.17, 15) is 0 Å². The second-order valence-corrected chi connectivity index (χ2v) is 5.84. The maximum Gasteiger partial charge on any atom is 0.0744 e. The van der Waals surface area contributed by atoms with Crippen LogP contribution in [0.25, 0.3) is 0 Å². The number of anilines is 1. The number of benzene rings is 1. The van der Waals surface area contributed by atoms with Crippen molar-refractivity contribution in [1.82, 2.24) is 0 Å². The van der Waals surface area contributed by atoms with E-state index in [0.29, 0.717) is 6.61 Å². The van der Waals surface area contributed by atoms with Gasteiger partial charge in [-0.2, -0.15) is 0 Å². The van der Waals surface area contributed by atoms with Gasteiger partial charge < -0.3 is 10.1 Å². The zero-order chi connectivity index (χ0) is 12.8. The molecule has 2 nitrogen and oxygen atoms in total. The molecule has 1 heterocycles. The van der Waals surface area contributed by atoms with Crippen molar-refractivity contribution in [3.63, 3.8) is 0 Å². The minimum absolute atomic E-state index is 0.614. The average molecular weight is 326 g/mol. The van der Waals surface area contributed by atoms with Crippen molar-refractivity contribution in [3.05, 3.63) is 50.6 Å². The van der Waals surface area contributed by atoms with Crippen LogP contribution in [0.15, 0.2) is 40.2 Å². The summed E-state index contributed by atoms with van der Waals surface area (Å²) < 4.78 is 6.32. The zero-order valence-corrected chi connectivity index (χ0v) is 12.7. The molecule has 4 heteroatoms. The Balaban J connectivity index is 1.98. The minimum Gasteiger partial charge on any atom is -0.384 e. The SMILES string of the molecule is COCc1c(Br)cccc1NCCc1cccs1. The Morgan fingerprint density at radius 2 is 2.17 bits per heavy atom. The highest BCUT2D eigenvalue weighted by molar-refractivity contribution is 9.10. The molecule has 0 radical (unpaired) electrons. The van der Waals surface area contributed by atoms with Crippen LogP contribution in [0.5, 0.6) is 0 Å². The summed E-state index contributed by atoms with van der Waals surface area (Å²) in [7, 11) is 1.72. The molecule has 0 atom stereocenters. The molecule has 96 valence electrons. The van der Waals surface area contributed by atoms with Gasteiger partial charge in [0.15, 0.2) is 0 Å². The number of methoxy groups -OCH3 is 1. The summed E-state index contributed by atoms with van der Waals surface area (Å²) in [5.41, 5.74) is 2.31. The van der Waals surface area contributed by atoms with Crippen LogP contribution >= 0.6 is 27.3 Å². The molecule has 0 spiro atoms. The molecule has 0 aliphatic rings. The van der Waals surface area contributed by atoms with Crippen molar-refractivity contribution in [2.45, 2.75) is 13.0 Å². The van der Waals surface area contributed by atoms with Crippen molar-refractivity contribution in [2.75, 3.05) is 19.0 Å². The maximum atomic E-state index is 5.23. The molecule has 0 aliphatic heterocycles. The average Bonchev–Trinajstić information content (AvgIpc) is 2.86. The first kappa shape index (κ1) is 13.6. The number of ether oxygens (including phenoxy) is 1. The Morgan fingerprint density at radius 1 is 1.28 bits per heavy atom. The molecular formula is C14H16BrNOS. The van der Waals surface area contributed by atoms with Crippen LogP contribution in [0, 0.1) is 0 Å². The van der Waals surface area contributed by atoms with Gasteiger partial charge >= 0.3 is 0 Å². The summed E-state index contributed by atoms with van der Waals surface area (Å²) in [5, 5.41) is 5.59. The maximum absolute atomic E-state index is 5.23. The molecule has 0 aliphatic carbocycles. The van der Waals surface area contributed by atoms with E-state index in [-0.39, 0.29) is 0 Å². The van der Waals surface area contributed by atoms with Crippen LogP contribution in [-0.4, -0.2) is 13.7 Å². The number of nitrogens with one attached hydrogen (secondary N) is 1. The van der Waals surface area contributed by atoms with Crippen molar-refractivity contribution >= 4 is 33.0 Å². The van der Waals surface area contributed by atoms with Crippen LogP contribution in [0.2, 0.25) is 0 Å². The highest BCUT2D eigenvalue weighted by Gasteiger charge is 2.05. The lowest BCUT2D eigenvalue weighted by Crippen LogP contribution is -2.07. The van der Waals surface area contributed by atoms with E-state index in [1.54, 1.807) is 18.4 Å². The molecule has 1 N–H and O–H groups in total. The van der Waals surface area contributed by atoms with Gasteiger partial charge in [-0.05, 0) is 30.0 Å². The van der Waals surface area contributed by atoms with Gasteiger partial charge in [-0.15, -0.1) is 11.3 Å². The monoisotopic (exact) mass is 325 g/mol. The van der Waals surface area contributed by atoms with Crippen molar-refractivity contribution in [2.24, 2.45) is 0 Å². The summed E-state index contributed by atoms with van der Waals surface area (Å²) in [4.78, 5) is 1.41. The van der Waals surface area contributed by atoms with E-state index in [1.807, 2.05) is 12.1 Å². The normalized spacial score (nSPS) is 10.6. The Bertz CT molecular complexity index is 485. The van der Waals surface area contributed by atoms with Gasteiger partial charge in [-0.3, -0.25) is 0 Å². The molecule has 0 saturated carbocycles. The Labute approximate surface area is 120 Å². The van der Waals surface area contributed by atoms with Gasteiger partial charge in [0, 0.05) is 34.3 Å². The number of thiophene rings is 1. The molecule has 0 saturated heterocycles. The first-order valence-corrected chi connectivity index (χ1v) is 7.51. The van der Waals surface area contributed by atoms with Gasteiger partial charge in [0.25, 0.3) is 0 Å². The molecule has 2 aromatic rings. The largest absolute Gasteiger partial charge is 0.384 e. The second-order valence-electron chi connectivity index (χ2n) is 3.96. The van der Waals surface area contributed by atoms with E-state index < -0.39 is 0 Å². The van der Waals surface area contributed by atoms with E-state index >= 15 is 0 Å². The van der Waals surface area contributed by atoms with Crippen LogP contribution in [0.1, 0.15) is 10.4 Å². The zero-order valence-electron chi connectivity index (χ0n) is 10.3. The van der Waals surface area contributed by atoms with Gasteiger partial charge in [0.1, 0.15) is 0 Å². The smallest absolute Gasteiger partial charge is 0.0744 e. The van der Waals surface area contributed by atoms with Crippen molar-refractivity contribution < 1.29 is 4.74 Å². The fourth-order valence-electron chi connectivity index (χ4n) is 1.79.